The highest BCUT2D eigenvalue weighted by atomic mass is 14.4. The number of benzene rings is 3. The van der Waals surface area contributed by atoms with Gasteiger partial charge in [0, 0.05) is 5.92 Å². The van der Waals surface area contributed by atoms with Gasteiger partial charge in [0.05, 0.1) is 0 Å². The van der Waals surface area contributed by atoms with E-state index in [1.165, 1.54) is 33.4 Å². The van der Waals surface area contributed by atoms with E-state index in [1.807, 2.05) is 0 Å². The molecule has 4 rings (SSSR count). The van der Waals surface area contributed by atoms with E-state index in [0.29, 0.717) is 5.92 Å². The molecule has 1 atom stereocenters. The molecule has 1 aliphatic carbocycles. The van der Waals surface area contributed by atoms with E-state index in [-0.39, 0.29) is 0 Å². The maximum Gasteiger partial charge on any atom is 0.0317 e. The molecular weight excluding hydrogens is 324 g/mol. The van der Waals surface area contributed by atoms with Crippen LogP contribution in [0.3, 0.4) is 0 Å². The van der Waals surface area contributed by atoms with Crippen LogP contribution in [0.15, 0.2) is 102 Å². The highest BCUT2D eigenvalue weighted by Gasteiger charge is 2.34. The molecular formula is C27H26. The molecule has 0 bridgehead atoms. The third-order valence-electron chi connectivity index (χ3n) is 5.60. The maximum atomic E-state index is 2.30. The molecule has 27 heavy (non-hydrogen) atoms. The van der Waals surface area contributed by atoms with E-state index < -0.39 is 0 Å². The van der Waals surface area contributed by atoms with Crippen LogP contribution in [-0.4, -0.2) is 0 Å². The molecule has 1 aliphatic rings. The molecule has 0 radical (unpaired) electrons. The summed E-state index contributed by atoms with van der Waals surface area (Å²) in [6.07, 6.45) is 2.10. The summed E-state index contributed by atoms with van der Waals surface area (Å²) in [4.78, 5) is 0. The second-order valence-electron chi connectivity index (χ2n) is 7.08. The minimum atomic E-state index is 0.337. The fourth-order valence-electron chi connectivity index (χ4n) is 4.51. The molecule has 0 fully saturated rings. The van der Waals surface area contributed by atoms with Gasteiger partial charge in [-0.1, -0.05) is 110 Å². The Bertz CT molecular complexity index is 960. The van der Waals surface area contributed by atoms with Gasteiger partial charge >= 0.3 is 0 Å². The first-order chi connectivity index (χ1) is 13.3. The van der Waals surface area contributed by atoms with Crippen LogP contribution in [0.2, 0.25) is 0 Å². The molecule has 3 aromatic rings. The first-order valence-corrected chi connectivity index (χ1v) is 9.97. The molecule has 0 nitrogen and oxygen atoms in total. The lowest BCUT2D eigenvalue weighted by molar-refractivity contribution is 0.942. The summed E-state index contributed by atoms with van der Waals surface area (Å²) in [6.45, 7) is 4.59. The summed E-state index contributed by atoms with van der Waals surface area (Å²) < 4.78 is 0. The van der Waals surface area contributed by atoms with Crippen molar-refractivity contribution in [3.05, 3.63) is 119 Å². The average molecular weight is 351 g/mol. The van der Waals surface area contributed by atoms with E-state index in [4.69, 9.17) is 0 Å². The summed E-state index contributed by atoms with van der Waals surface area (Å²) >= 11 is 0. The molecule has 0 amide bonds. The van der Waals surface area contributed by atoms with E-state index >= 15 is 0 Å². The topological polar surface area (TPSA) is 0 Å². The molecule has 0 spiro atoms. The van der Waals surface area contributed by atoms with E-state index in [0.717, 1.165) is 12.8 Å². The molecule has 0 saturated carbocycles. The zero-order chi connectivity index (χ0) is 18.6. The van der Waals surface area contributed by atoms with E-state index in [1.54, 1.807) is 5.57 Å². The number of hydrogen-bond donors (Lipinski definition) is 0. The second kappa shape index (κ2) is 7.80. The lowest BCUT2D eigenvalue weighted by atomic mass is 9.83. The Hall–Kier alpha value is -2.86. The fraction of sp³-hybridized carbons (Fsp3) is 0.185. The standard InChI is InChI=1S/C27H26/c1-3-23-25(20-14-8-5-9-15-20)24(4-2)27(22-18-12-7-13-19-22)26(23)21-16-10-6-11-17-21/h5-19,26H,3-4H2,1-2H3. The Morgan fingerprint density at radius 2 is 1.11 bits per heavy atom. The van der Waals surface area contributed by atoms with Crippen molar-refractivity contribution >= 4 is 11.1 Å². The summed E-state index contributed by atoms with van der Waals surface area (Å²) in [6, 6.07) is 32.9. The fourth-order valence-corrected chi connectivity index (χ4v) is 4.51. The van der Waals surface area contributed by atoms with Crippen molar-refractivity contribution in [2.75, 3.05) is 0 Å². The minimum absolute atomic E-state index is 0.337. The van der Waals surface area contributed by atoms with Crippen LogP contribution in [0.5, 0.6) is 0 Å². The van der Waals surface area contributed by atoms with Gasteiger partial charge in [-0.05, 0) is 46.3 Å². The number of hydrogen-bond acceptors (Lipinski definition) is 0. The van der Waals surface area contributed by atoms with Crippen LogP contribution >= 0.6 is 0 Å². The predicted molar refractivity (Wildman–Crippen MR) is 116 cm³/mol. The largest absolute Gasteiger partial charge is 0.0622 e. The summed E-state index contributed by atoms with van der Waals surface area (Å²) in [7, 11) is 0. The Morgan fingerprint density at radius 3 is 1.63 bits per heavy atom. The van der Waals surface area contributed by atoms with Gasteiger partial charge in [-0.25, -0.2) is 0 Å². The SMILES string of the molecule is CCC1=C(c2ccccc2)C(c2ccccc2)C(CC)=C1c1ccccc1. The summed E-state index contributed by atoms with van der Waals surface area (Å²) in [5.74, 6) is 0.337. The van der Waals surface area contributed by atoms with Crippen LogP contribution < -0.4 is 0 Å². The molecule has 3 aromatic carbocycles. The summed E-state index contributed by atoms with van der Waals surface area (Å²) in [5, 5.41) is 0. The van der Waals surface area contributed by atoms with Crippen LogP contribution in [0.25, 0.3) is 11.1 Å². The monoisotopic (exact) mass is 350 g/mol. The van der Waals surface area contributed by atoms with Gasteiger partial charge in [-0.2, -0.15) is 0 Å². The van der Waals surface area contributed by atoms with E-state index in [2.05, 4.69) is 105 Å². The zero-order valence-corrected chi connectivity index (χ0v) is 16.2. The maximum absolute atomic E-state index is 2.30. The Morgan fingerprint density at radius 1 is 0.593 bits per heavy atom. The van der Waals surface area contributed by atoms with Gasteiger partial charge in [0.1, 0.15) is 0 Å². The van der Waals surface area contributed by atoms with Crippen molar-refractivity contribution in [2.45, 2.75) is 32.6 Å². The van der Waals surface area contributed by atoms with Crippen LogP contribution in [0.1, 0.15) is 49.3 Å². The lowest BCUT2D eigenvalue weighted by Gasteiger charge is -2.20. The highest BCUT2D eigenvalue weighted by Crippen LogP contribution is 2.53. The van der Waals surface area contributed by atoms with Crippen molar-refractivity contribution in [1.29, 1.82) is 0 Å². The molecule has 0 saturated heterocycles. The van der Waals surface area contributed by atoms with Gasteiger partial charge < -0.3 is 0 Å². The number of allylic oxidation sites excluding steroid dienone is 4. The Balaban J connectivity index is 2.01. The van der Waals surface area contributed by atoms with Crippen LogP contribution in [0, 0.1) is 0 Å². The molecule has 0 heterocycles. The Kier molecular flexibility index (Phi) is 5.07. The molecule has 0 aromatic heterocycles. The molecule has 0 aliphatic heterocycles. The normalized spacial score (nSPS) is 16.9. The van der Waals surface area contributed by atoms with Gasteiger partial charge in [0.25, 0.3) is 0 Å². The second-order valence-corrected chi connectivity index (χ2v) is 7.08. The van der Waals surface area contributed by atoms with Crippen LogP contribution in [0.4, 0.5) is 0 Å². The van der Waals surface area contributed by atoms with Crippen molar-refractivity contribution < 1.29 is 0 Å². The quantitative estimate of drug-likeness (QED) is 0.446. The molecule has 1 unspecified atom stereocenters. The Labute approximate surface area is 162 Å². The zero-order valence-electron chi connectivity index (χ0n) is 16.2. The number of rotatable bonds is 5. The van der Waals surface area contributed by atoms with Crippen molar-refractivity contribution in [3.63, 3.8) is 0 Å². The smallest absolute Gasteiger partial charge is 0.0317 e. The van der Waals surface area contributed by atoms with Gasteiger partial charge in [0.15, 0.2) is 0 Å². The van der Waals surface area contributed by atoms with E-state index in [9.17, 15) is 0 Å². The van der Waals surface area contributed by atoms with Gasteiger partial charge in [-0.15, -0.1) is 0 Å². The molecule has 0 heteroatoms. The average Bonchev–Trinajstić information content (AvgIpc) is 3.10. The predicted octanol–water partition coefficient (Wildman–Crippen LogP) is 7.51. The van der Waals surface area contributed by atoms with Crippen LogP contribution in [-0.2, 0) is 0 Å². The van der Waals surface area contributed by atoms with Gasteiger partial charge in [-0.3, -0.25) is 0 Å². The van der Waals surface area contributed by atoms with Crippen molar-refractivity contribution in [3.8, 4) is 0 Å². The minimum Gasteiger partial charge on any atom is -0.0622 e. The van der Waals surface area contributed by atoms with Gasteiger partial charge in [0.2, 0.25) is 0 Å². The first-order valence-electron chi connectivity index (χ1n) is 9.97. The third kappa shape index (κ3) is 3.17. The highest BCUT2D eigenvalue weighted by molar-refractivity contribution is 6.00. The van der Waals surface area contributed by atoms with Crippen molar-refractivity contribution in [1.82, 2.24) is 0 Å². The first kappa shape index (κ1) is 17.5. The molecule has 0 N–H and O–H groups in total. The lowest BCUT2D eigenvalue weighted by Crippen LogP contribution is -2.03. The molecule has 134 valence electrons. The van der Waals surface area contributed by atoms with Crippen molar-refractivity contribution in [2.24, 2.45) is 0 Å². The summed E-state index contributed by atoms with van der Waals surface area (Å²) in [5.41, 5.74) is 10.1. The third-order valence-corrected chi connectivity index (χ3v) is 5.60.